The molecular formula is C35H35F2N7O4. The number of ether oxygens (including phenoxy) is 1. The van der Waals surface area contributed by atoms with Crippen molar-refractivity contribution in [2.45, 2.75) is 31.9 Å². The quantitative estimate of drug-likeness (QED) is 0.237. The predicted octanol–water partition coefficient (Wildman–Crippen LogP) is 4.81. The molecule has 0 bridgehead atoms. The first kappa shape index (κ1) is 33.7. The standard InChI is InChI=1S/C35H35F2N7O4/c1-5-39-32(45)22(2)42(3)20-28-21-43(27-14-12-26(13-15-27)35(36,37)25-9-7-6-8-10-25)34(47)31-29(19-40-44(28)31)41-33(46)23-11-16-30(48-4)24(17-23)18-38/h6-17,19,22,28H,5,20-21H2,1-4H3,(H,39,45)(H,41,46). The predicted molar refractivity (Wildman–Crippen MR) is 175 cm³/mol. The van der Waals surface area contributed by atoms with Gasteiger partial charge in [-0.05, 0) is 51.2 Å². The van der Waals surface area contributed by atoms with E-state index in [9.17, 15) is 19.6 Å². The zero-order valence-electron chi connectivity index (χ0n) is 26.9. The molecule has 48 heavy (non-hydrogen) atoms. The van der Waals surface area contributed by atoms with Crippen molar-refractivity contribution in [3.05, 3.63) is 107 Å². The van der Waals surface area contributed by atoms with Crippen LogP contribution in [-0.2, 0) is 10.7 Å². The van der Waals surface area contributed by atoms with Crippen molar-refractivity contribution in [3.63, 3.8) is 0 Å². The Kier molecular flexibility index (Phi) is 9.86. The first-order valence-corrected chi connectivity index (χ1v) is 15.3. The Morgan fingerprint density at radius 1 is 1.12 bits per heavy atom. The molecular weight excluding hydrogens is 620 g/mol. The zero-order chi connectivity index (χ0) is 34.6. The van der Waals surface area contributed by atoms with E-state index in [2.05, 4.69) is 15.7 Å². The second-order valence-corrected chi connectivity index (χ2v) is 11.4. The molecule has 1 aromatic heterocycles. The largest absolute Gasteiger partial charge is 0.495 e. The number of nitrogens with one attached hydrogen (secondary N) is 2. The fraction of sp³-hybridized carbons (Fsp3) is 0.286. The maximum atomic E-state index is 15.3. The number of alkyl halides is 2. The minimum atomic E-state index is -3.25. The molecule has 0 saturated carbocycles. The molecule has 0 radical (unpaired) electrons. The van der Waals surface area contributed by atoms with Gasteiger partial charge in [0.05, 0.1) is 43.2 Å². The van der Waals surface area contributed by atoms with Crippen LogP contribution in [0, 0.1) is 11.3 Å². The third-order valence-electron chi connectivity index (χ3n) is 8.38. The first-order valence-electron chi connectivity index (χ1n) is 15.3. The molecule has 4 aromatic rings. The van der Waals surface area contributed by atoms with Crippen molar-refractivity contribution in [2.24, 2.45) is 0 Å². The molecule has 0 fully saturated rings. The zero-order valence-corrected chi connectivity index (χ0v) is 26.9. The molecule has 3 amide bonds. The Morgan fingerprint density at radius 2 is 1.81 bits per heavy atom. The molecule has 0 saturated heterocycles. The third-order valence-corrected chi connectivity index (χ3v) is 8.38. The highest BCUT2D eigenvalue weighted by atomic mass is 19.3. The lowest BCUT2D eigenvalue weighted by molar-refractivity contribution is -0.125. The van der Waals surface area contributed by atoms with Gasteiger partial charge < -0.3 is 20.3 Å². The lowest BCUT2D eigenvalue weighted by Crippen LogP contribution is -2.50. The monoisotopic (exact) mass is 655 g/mol. The molecule has 2 heterocycles. The number of rotatable bonds is 11. The number of likely N-dealkylation sites (N-methyl/N-ethyl adjacent to an activating group) is 2. The van der Waals surface area contributed by atoms with E-state index in [1.807, 2.05) is 17.9 Å². The molecule has 11 nitrogen and oxygen atoms in total. The second kappa shape index (κ2) is 14.0. The second-order valence-electron chi connectivity index (χ2n) is 11.4. The highest BCUT2D eigenvalue weighted by Crippen LogP contribution is 2.37. The van der Waals surface area contributed by atoms with Gasteiger partial charge in [-0.25, -0.2) is 0 Å². The number of hydrogen-bond donors (Lipinski definition) is 2. The average molecular weight is 656 g/mol. The van der Waals surface area contributed by atoms with Gasteiger partial charge in [0.2, 0.25) is 5.91 Å². The number of carbonyl (C=O) groups excluding carboxylic acids is 3. The summed E-state index contributed by atoms with van der Waals surface area (Å²) in [5.41, 5.74) is 0.509. The molecule has 0 aliphatic carbocycles. The van der Waals surface area contributed by atoms with Crippen molar-refractivity contribution in [2.75, 3.05) is 44.0 Å². The van der Waals surface area contributed by atoms with E-state index in [0.29, 0.717) is 18.0 Å². The summed E-state index contributed by atoms with van der Waals surface area (Å²) in [6.07, 6.45) is 1.37. The van der Waals surface area contributed by atoms with Crippen LogP contribution in [-0.4, -0.2) is 72.2 Å². The van der Waals surface area contributed by atoms with E-state index < -0.39 is 29.8 Å². The molecule has 2 N–H and O–H groups in total. The highest BCUT2D eigenvalue weighted by Gasteiger charge is 2.38. The maximum absolute atomic E-state index is 15.3. The van der Waals surface area contributed by atoms with E-state index in [4.69, 9.17) is 4.74 Å². The Balaban J connectivity index is 1.48. The van der Waals surface area contributed by atoms with Gasteiger partial charge in [-0.2, -0.15) is 19.1 Å². The van der Waals surface area contributed by atoms with Crippen LogP contribution in [0.25, 0.3) is 0 Å². The van der Waals surface area contributed by atoms with Crippen molar-refractivity contribution < 1.29 is 27.9 Å². The fourth-order valence-corrected chi connectivity index (χ4v) is 5.61. The van der Waals surface area contributed by atoms with Crippen LogP contribution >= 0.6 is 0 Å². The van der Waals surface area contributed by atoms with Crippen LogP contribution in [0.5, 0.6) is 5.75 Å². The topological polar surface area (TPSA) is 133 Å². The normalized spacial score (nSPS) is 15.0. The number of anilines is 2. The molecule has 5 rings (SSSR count). The van der Waals surface area contributed by atoms with Crippen LogP contribution in [0.1, 0.15) is 57.4 Å². The number of benzene rings is 3. The summed E-state index contributed by atoms with van der Waals surface area (Å²) in [5, 5.41) is 19.5. The van der Waals surface area contributed by atoms with Crippen molar-refractivity contribution in [1.29, 1.82) is 5.26 Å². The molecule has 248 valence electrons. The molecule has 3 aromatic carbocycles. The van der Waals surface area contributed by atoms with Gasteiger partial charge in [0.15, 0.2) is 5.69 Å². The number of nitrogens with zero attached hydrogens (tertiary/aromatic N) is 5. The number of amides is 3. The SMILES string of the molecule is CCNC(=O)C(C)N(C)CC1CN(c2ccc(C(F)(F)c3ccccc3)cc2)C(=O)c2c(NC(=O)c3ccc(OC)c(C#N)c3)cnn21. The van der Waals surface area contributed by atoms with Crippen molar-refractivity contribution in [3.8, 4) is 11.8 Å². The molecule has 0 spiro atoms. The van der Waals surface area contributed by atoms with Crippen LogP contribution in [0.15, 0.2) is 79.0 Å². The van der Waals surface area contributed by atoms with Crippen LogP contribution in [0.2, 0.25) is 0 Å². The van der Waals surface area contributed by atoms with Crippen LogP contribution in [0.4, 0.5) is 20.2 Å². The minimum absolute atomic E-state index is 0.0753. The van der Waals surface area contributed by atoms with E-state index >= 15 is 8.78 Å². The minimum Gasteiger partial charge on any atom is -0.495 e. The number of halogens is 2. The molecule has 1 aliphatic heterocycles. The number of hydrogen-bond acceptors (Lipinski definition) is 7. The van der Waals surface area contributed by atoms with Gasteiger partial charge in [0.1, 0.15) is 11.8 Å². The van der Waals surface area contributed by atoms with Crippen LogP contribution < -0.4 is 20.3 Å². The lowest BCUT2D eigenvalue weighted by atomic mass is 10.00. The van der Waals surface area contributed by atoms with Gasteiger partial charge in [0, 0.05) is 35.5 Å². The number of carbonyl (C=O) groups is 3. The number of aromatic nitrogens is 2. The van der Waals surface area contributed by atoms with E-state index in [1.54, 1.807) is 32.2 Å². The molecule has 2 unspecified atom stereocenters. The average Bonchev–Trinajstić information content (AvgIpc) is 3.53. The summed E-state index contributed by atoms with van der Waals surface area (Å²) in [5.74, 6) is -4.20. The lowest BCUT2D eigenvalue weighted by Gasteiger charge is -2.37. The summed E-state index contributed by atoms with van der Waals surface area (Å²) in [6.45, 7) is 4.47. The van der Waals surface area contributed by atoms with E-state index in [0.717, 1.165) is 0 Å². The van der Waals surface area contributed by atoms with E-state index in [1.165, 1.54) is 77.5 Å². The molecule has 2 atom stereocenters. The Morgan fingerprint density at radius 3 is 2.46 bits per heavy atom. The summed E-state index contributed by atoms with van der Waals surface area (Å²) < 4.78 is 37.3. The van der Waals surface area contributed by atoms with Crippen molar-refractivity contribution in [1.82, 2.24) is 20.0 Å². The maximum Gasteiger partial charge on any atom is 0.298 e. The van der Waals surface area contributed by atoms with Gasteiger partial charge in [0.25, 0.3) is 17.7 Å². The van der Waals surface area contributed by atoms with Crippen molar-refractivity contribution >= 4 is 29.1 Å². The van der Waals surface area contributed by atoms with Gasteiger partial charge in [-0.15, -0.1) is 0 Å². The summed E-state index contributed by atoms with van der Waals surface area (Å²) in [4.78, 5) is 43.3. The molecule has 1 aliphatic rings. The van der Waals surface area contributed by atoms with Crippen LogP contribution in [0.3, 0.4) is 0 Å². The summed E-state index contributed by atoms with van der Waals surface area (Å²) >= 11 is 0. The Bertz CT molecular complexity index is 1850. The number of fused-ring (bicyclic) bond motifs is 1. The third kappa shape index (κ3) is 6.61. The number of methoxy groups -OCH3 is 1. The van der Waals surface area contributed by atoms with Gasteiger partial charge in [-0.1, -0.05) is 42.5 Å². The Labute approximate surface area is 276 Å². The fourth-order valence-electron chi connectivity index (χ4n) is 5.61. The first-order chi connectivity index (χ1) is 23.0. The molecule has 13 heteroatoms. The van der Waals surface area contributed by atoms with E-state index in [-0.39, 0.29) is 52.6 Å². The van der Waals surface area contributed by atoms with Gasteiger partial charge in [-0.3, -0.25) is 24.0 Å². The Hall–Kier alpha value is -5.61. The number of nitriles is 1. The summed E-state index contributed by atoms with van der Waals surface area (Å²) in [6, 6.07) is 18.4. The highest BCUT2D eigenvalue weighted by molar-refractivity contribution is 6.13. The van der Waals surface area contributed by atoms with Gasteiger partial charge >= 0.3 is 0 Å². The summed E-state index contributed by atoms with van der Waals surface area (Å²) in [7, 11) is 3.20. The smallest absolute Gasteiger partial charge is 0.298 e.